The van der Waals surface area contributed by atoms with E-state index in [1.807, 2.05) is 43.3 Å². The van der Waals surface area contributed by atoms with Crippen molar-refractivity contribution in [2.75, 3.05) is 30.1 Å². The van der Waals surface area contributed by atoms with E-state index in [-0.39, 0.29) is 17.2 Å². The van der Waals surface area contributed by atoms with Crippen LogP contribution in [0.25, 0.3) is 0 Å². The van der Waals surface area contributed by atoms with Crippen LogP contribution in [0.3, 0.4) is 0 Å². The van der Waals surface area contributed by atoms with E-state index >= 15 is 0 Å². The number of rotatable bonds is 5. The molecule has 0 aliphatic carbocycles. The van der Waals surface area contributed by atoms with Gasteiger partial charge in [-0.25, -0.2) is 0 Å². The molecule has 1 aliphatic heterocycles. The number of nitrogens with one attached hydrogen (secondary N) is 1. The van der Waals surface area contributed by atoms with Gasteiger partial charge in [-0.15, -0.1) is 11.8 Å². The first-order valence-electron chi connectivity index (χ1n) is 8.49. The second-order valence-electron chi connectivity index (χ2n) is 6.55. The third kappa shape index (κ3) is 4.19. The second kappa shape index (κ2) is 7.83. The molecule has 136 valence electrons. The zero-order chi connectivity index (χ0) is 18.7. The molecule has 26 heavy (non-hydrogen) atoms. The lowest BCUT2D eigenvalue weighted by atomic mass is 10.1. The number of thioether (sulfide) groups is 1. The number of hydrogen-bond donors (Lipinski definition) is 1. The number of anilines is 2. The lowest BCUT2D eigenvalue weighted by Crippen LogP contribution is -2.27. The molecule has 1 unspecified atom stereocenters. The highest BCUT2D eigenvalue weighted by Crippen LogP contribution is 2.39. The molecule has 5 nitrogen and oxygen atoms in total. The van der Waals surface area contributed by atoms with Gasteiger partial charge >= 0.3 is 0 Å². The maximum Gasteiger partial charge on any atom is 0.234 e. The van der Waals surface area contributed by atoms with Crippen molar-refractivity contribution in [3.05, 3.63) is 59.7 Å². The van der Waals surface area contributed by atoms with Gasteiger partial charge in [0.2, 0.25) is 11.8 Å². The lowest BCUT2D eigenvalue weighted by Gasteiger charge is -2.25. The van der Waals surface area contributed by atoms with E-state index in [4.69, 9.17) is 0 Å². The summed E-state index contributed by atoms with van der Waals surface area (Å²) < 4.78 is 0. The molecule has 1 atom stereocenters. The smallest absolute Gasteiger partial charge is 0.234 e. The maximum atomic E-state index is 12.4. The maximum absolute atomic E-state index is 12.4. The van der Waals surface area contributed by atoms with Crippen LogP contribution < -0.4 is 10.2 Å². The summed E-state index contributed by atoms with van der Waals surface area (Å²) in [5.74, 6) is 0.557. The van der Waals surface area contributed by atoms with Crippen LogP contribution in [0.2, 0.25) is 0 Å². The lowest BCUT2D eigenvalue weighted by molar-refractivity contribution is -0.128. The average molecular weight is 369 g/mol. The summed E-state index contributed by atoms with van der Waals surface area (Å²) in [7, 11) is 4.02. The Balaban J connectivity index is 1.75. The van der Waals surface area contributed by atoms with Crippen molar-refractivity contribution in [3.8, 4) is 0 Å². The molecule has 1 saturated heterocycles. The fourth-order valence-corrected chi connectivity index (χ4v) is 4.12. The van der Waals surface area contributed by atoms with Crippen molar-refractivity contribution < 1.29 is 9.59 Å². The van der Waals surface area contributed by atoms with Crippen molar-refractivity contribution >= 4 is 35.0 Å². The second-order valence-corrected chi connectivity index (χ2v) is 7.62. The third-order valence-corrected chi connectivity index (χ3v) is 5.55. The highest BCUT2D eigenvalue weighted by Gasteiger charge is 2.32. The van der Waals surface area contributed by atoms with Crippen molar-refractivity contribution in [2.24, 2.45) is 0 Å². The molecule has 1 heterocycles. The van der Waals surface area contributed by atoms with Crippen LogP contribution in [-0.2, 0) is 16.1 Å². The Labute approximate surface area is 158 Å². The predicted octanol–water partition coefficient (Wildman–Crippen LogP) is 3.49. The summed E-state index contributed by atoms with van der Waals surface area (Å²) in [5.41, 5.74) is 4.09. The quantitative estimate of drug-likeness (QED) is 0.877. The summed E-state index contributed by atoms with van der Waals surface area (Å²) in [5, 5.41) is 2.77. The third-order valence-electron chi connectivity index (χ3n) is 4.29. The van der Waals surface area contributed by atoms with Crippen LogP contribution in [0.5, 0.6) is 0 Å². The Morgan fingerprint density at radius 2 is 1.81 bits per heavy atom. The first-order chi connectivity index (χ1) is 12.4. The van der Waals surface area contributed by atoms with Crippen LogP contribution in [0, 0.1) is 0 Å². The van der Waals surface area contributed by atoms with Gasteiger partial charge in [0.15, 0.2) is 0 Å². The summed E-state index contributed by atoms with van der Waals surface area (Å²) in [6, 6.07) is 16.0. The van der Waals surface area contributed by atoms with E-state index in [9.17, 15) is 9.59 Å². The summed E-state index contributed by atoms with van der Waals surface area (Å²) in [6.45, 7) is 2.08. The molecule has 1 aliphatic rings. The van der Waals surface area contributed by atoms with Crippen LogP contribution >= 0.6 is 11.8 Å². The molecule has 1 N–H and O–H groups in total. The molecule has 0 saturated carbocycles. The number of amides is 2. The molecule has 6 heteroatoms. The van der Waals surface area contributed by atoms with Crippen LogP contribution in [0.1, 0.15) is 23.4 Å². The number of carbonyl (C=O) groups is 2. The molecule has 2 aromatic carbocycles. The molecule has 0 radical (unpaired) electrons. The van der Waals surface area contributed by atoms with E-state index in [2.05, 4.69) is 34.5 Å². The van der Waals surface area contributed by atoms with Crippen LogP contribution in [0.15, 0.2) is 48.5 Å². The SMILES string of the molecule is CC(=O)Nc1ccc(C2SCC(=O)N2Cc2ccc(N(C)C)cc2)cc1. The first kappa shape index (κ1) is 18.3. The van der Waals surface area contributed by atoms with Gasteiger partial charge in [-0.05, 0) is 35.4 Å². The summed E-state index contributed by atoms with van der Waals surface area (Å²) >= 11 is 1.64. The Kier molecular flexibility index (Phi) is 5.52. The van der Waals surface area contributed by atoms with Gasteiger partial charge in [-0.2, -0.15) is 0 Å². The van der Waals surface area contributed by atoms with Gasteiger partial charge in [0.05, 0.1) is 5.75 Å². The monoisotopic (exact) mass is 369 g/mol. The Morgan fingerprint density at radius 1 is 1.15 bits per heavy atom. The molecule has 0 bridgehead atoms. The summed E-state index contributed by atoms with van der Waals surface area (Å²) in [4.78, 5) is 27.5. The first-order valence-corrected chi connectivity index (χ1v) is 9.54. The molecule has 3 rings (SSSR count). The molecule has 2 amide bonds. The number of benzene rings is 2. The number of carbonyl (C=O) groups excluding carboxylic acids is 2. The van der Waals surface area contributed by atoms with Gasteiger partial charge in [-0.3, -0.25) is 9.59 Å². The molecular weight excluding hydrogens is 346 g/mol. The summed E-state index contributed by atoms with van der Waals surface area (Å²) in [6.07, 6.45) is 0. The Morgan fingerprint density at radius 3 is 2.38 bits per heavy atom. The number of nitrogens with zero attached hydrogens (tertiary/aromatic N) is 2. The van der Waals surface area contributed by atoms with Crippen molar-refractivity contribution in [1.82, 2.24) is 4.90 Å². The van der Waals surface area contributed by atoms with Crippen molar-refractivity contribution in [3.63, 3.8) is 0 Å². The topological polar surface area (TPSA) is 52.7 Å². The van der Waals surface area contributed by atoms with Crippen molar-refractivity contribution in [2.45, 2.75) is 18.8 Å². The minimum absolute atomic E-state index is 0.00223. The van der Waals surface area contributed by atoms with E-state index in [1.165, 1.54) is 6.92 Å². The minimum Gasteiger partial charge on any atom is -0.378 e. The van der Waals surface area contributed by atoms with E-state index < -0.39 is 0 Å². The Hall–Kier alpha value is -2.47. The molecule has 2 aromatic rings. The molecule has 1 fully saturated rings. The highest BCUT2D eigenvalue weighted by atomic mass is 32.2. The minimum atomic E-state index is -0.0917. The molecule has 0 spiro atoms. The Bertz CT molecular complexity index is 788. The van der Waals surface area contributed by atoms with E-state index in [0.717, 1.165) is 22.5 Å². The van der Waals surface area contributed by atoms with Gasteiger partial charge in [-0.1, -0.05) is 24.3 Å². The van der Waals surface area contributed by atoms with Crippen LogP contribution in [-0.4, -0.2) is 36.6 Å². The fourth-order valence-electron chi connectivity index (χ4n) is 2.93. The van der Waals surface area contributed by atoms with Gasteiger partial charge in [0.25, 0.3) is 0 Å². The van der Waals surface area contributed by atoms with Crippen LogP contribution in [0.4, 0.5) is 11.4 Å². The number of hydrogen-bond acceptors (Lipinski definition) is 4. The van der Waals surface area contributed by atoms with E-state index in [0.29, 0.717) is 12.3 Å². The largest absolute Gasteiger partial charge is 0.378 e. The normalized spacial score (nSPS) is 16.7. The zero-order valence-corrected chi connectivity index (χ0v) is 16.0. The zero-order valence-electron chi connectivity index (χ0n) is 15.2. The molecule has 0 aromatic heterocycles. The highest BCUT2D eigenvalue weighted by molar-refractivity contribution is 8.00. The average Bonchev–Trinajstić information content (AvgIpc) is 2.96. The van der Waals surface area contributed by atoms with Gasteiger partial charge < -0.3 is 15.1 Å². The van der Waals surface area contributed by atoms with Gasteiger partial charge in [0, 0.05) is 38.9 Å². The van der Waals surface area contributed by atoms with E-state index in [1.54, 1.807) is 11.8 Å². The predicted molar refractivity (Wildman–Crippen MR) is 107 cm³/mol. The van der Waals surface area contributed by atoms with Crippen molar-refractivity contribution in [1.29, 1.82) is 0 Å². The standard InChI is InChI=1S/C20H23N3O2S/c1-14(24)21-17-8-6-16(7-9-17)20-23(19(25)13-26-20)12-15-4-10-18(11-5-15)22(2)3/h4-11,20H,12-13H2,1-3H3,(H,21,24). The molecular formula is C20H23N3O2S. The van der Waals surface area contributed by atoms with Gasteiger partial charge in [0.1, 0.15) is 5.37 Å². The fraction of sp³-hybridized carbons (Fsp3) is 0.300.